The summed E-state index contributed by atoms with van der Waals surface area (Å²) < 4.78 is 1.12. The van der Waals surface area contributed by atoms with Crippen LogP contribution >= 0.6 is 15.9 Å². The zero-order valence-corrected chi connectivity index (χ0v) is 8.84. The summed E-state index contributed by atoms with van der Waals surface area (Å²) in [4.78, 5) is 0. The van der Waals surface area contributed by atoms with Crippen LogP contribution in [-0.4, -0.2) is 6.54 Å². The molecule has 0 amide bonds. The average Bonchev–Trinajstić information content (AvgIpc) is 2.10. The van der Waals surface area contributed by atoms with Crippen LogP contribution in [0, 0.1) is 0 Å². The van der Waals surface area contributed by atoms with Crippen molar-refractivity contribution in [1.29, 1.82) is 0 Å². The summed E-state index contributed by atoms with van der Waals surface area (Å²) in [5.41, 5.74) is 6.98. The van der Waals surface area contributed by atoms with Crippen LogP contribution in [0.4, 0.5) is 0 Å². The highest BCUT2D eigenvalue weighted by Crippen LogP contribution is 2.20. The SMILES string of the molecule is CCC(CN)c1ccc(Br)cc1. The number of benzene rings is 1. The summed E-state index contributed by atoms with van der Waals surface area (Å²) in [5, 5.41) is 0. The van der Waals surface area contributed by atoms with E-state index in [9.17, 15) is 0 Å². The van der Waals surface area contributed by atoms with Crippen molar-refractivity contribution in [3.05, 3.63) is 34.3 Å². The summed E-state index contributed by atoms with van der Waals surface area (Å²) >= 11 is 3.41. The highest BCUT2D eigenvalue weighted by atomic mass is 79.9. The first-order chi connectivity index (χ1) is 5.77. The molecule has 0 aromatic heterocycles. The lowest BCUT2D eigenvalue weighted by Gasteiger charge is -2.11. The Kier molecular flexibility index (Phi) is 3.76. The minimum absolute atomic E-state index is 0.512. The third kappa shape index (κ3) is 2.32. The molecule has 0 aliphatic heterocycles. The summed E-state index contributed by atoms with van der Waals surface area (Å²) in [5.74, 6) is 0.512. The lowest BCUT2D eigenvalue weighted by atomic mass is 9.97. The molecule has 0 spiro atoms. The number of halogens is 1. The predicted octanol–water partition coefficient (Wildman–Crippen LogP) is 2.90. The lowest BCUT2D eigenvalue weighted by Crippen LogP contribution is -2.11. The third-order valence-electron chi connectivity index (χ3n) is 2.12. The molecule has 1 aromatic carbocycles. The van der Waals surface area contributed by atoms with E-state index < -0.39 is 0 Å². The number of rotatable bonds is 3. The predicted molar refractivity (Wildman–Crippen MR) is 56.2 cm³/mol. The second-order valence-electron chi connectivity index (χ2n) is 2.89. The molecule has 0 bridgehead atoms. The van der Waals surface area contributed by atoms with Gasteiger partial charge in [0, 0.05) is 4.47 Å². The van der Waals surface area contributed by atoms with E-state index in [2.05, 4.69) is 47.1 Å². The quantitative estimate of drug-likeness (QED) is 0.845. The van der Waals surface area contributed by atoms with Gasteiger partial charge < -0.3 is 5.73 Å². The lowest BCUT2D eigenvalue weighted by molar-refractivity contribution is 0.674. The van der Waals surface area contributed by atoms with Gasteiger partial charge in [-0.15, -0.1) is 0 Å². The van der Waals surface area contributed by atoms with Gasteiger partial charge in [0.2, 0.25) is 0 Å². The molecular formula is C10H14BrN. The van der Waals surface area contributed by atoms with Crippen LogP contribution in [0.15, 0.2) is 28.7 Å². The Balaban J connectivity index is 2.80. The van der Waals surface area contributed by atoms with Crippen LogP contribution in [0.2, 0.25) is 0 Å². The van der Waals surface area contributed by atoms with Gasteiger partial charge in [-0.25, -0.2) is 0 Å². The van der Waals surface area contributed by atoms with Crippen molar-refractivity contribution in [2.24, 2.45) is 5.73 Å². The number of nitrogens with two attached hydrogens (primary N) is 1. The van der Waals surface area contributed by atoms with Crippen molar-refractivity contribution >= 4 is 15.9 Å². The van der Waals surface area contributed by atoms with E-state index in [0.29, 0.717) is 5.92 Å². The molecular weight excluding hydrogens is 214 g/mol. The van der Waals surface area contributed by atoms with Gasteiger partial charge in [0.05, 0.1) is 0 Å². The molecule has 0 fully saturated rings. The average molecular weight is 228 g/mol. The van der Waals surface area contributed by atoms with Gasteiger partial charge in [-0.1, -0.05) is 35.0 Å². The summed E-state index contributed by atoms with van der Waals surface area (Å²) in [6, 6.07) is 8.39. The molecule has 0 saturated carbocycles. The van der Waals surface area contributed by atoms with Crippen LogP contribution in [0.1, 0.15) is 24.8 Å². The fourth-order valence-corrected chi connectivity index (χ4v) is 1.54. The first kappa shape index (κ1) is 9.75. The van der Waals surface area contributed by atoms with Crippen molar-refractivity contribution in [2.75, 3.05) is 6.54 Å². The minimum atomic E-state index is 0.512. The summed E-state index contributed by atoms with van der Waals surface area (Å²) in [6.07, 6.45) is 1.11. The van der Waals surface area contributed by atoms with Crippen molar-refractivity contribution in [3.8, 4) is 0 Å². The molecule has 0 aliphatic carbocycles. The molecule has 2 heteroatoms. The Morgan fingerprint density at radius 3 is 2.33 bits per heavy atom. The fourth-order valence-electron chi connectivity index (χ4n) is 1.27. The van der Waals surface area contributed by atoms with Gasteiger partial charge in [-0.2, -0.15) is 0 Å². The molecule has 1 atom stereocenters. The topological polar surface area (TPSA) is 26.0 Å². The van der Waals surface area contributed by atoms with E-state index in [0.717, 1.165) is 17.4 Å². The van der Waals surface area contributed by atoms with Crippen LogP contribution in [0.5, 0.6) is 0 Å². The highest BCUT2D eigenvalue weighted by molar-refractivity contribution is 9.10. The molecule has 1 unspecified atom stereocenters. The maximum atomic E-state index is 5.64. The van der Waals surface area contributed by atoms with Gasteiger partial charge in [0.15, 0.2) is 0 Å². The highest BCUT2D eigenvalue weighted by Gasteiger charge is 2.05. The van der Waals surface area contributed by atoms with E-state index in [1.165, 1.54) is 5.56 Å². The number of hydrogen-bond acceptors (Lipinski definition) is 1. The normalized spacial score (nSPS) is 12.9. The van der Waals surface area contributed by atoms with E-state index >= 15 is 0 Å². The van der Waals surface area contributed by atoms with E-state index in [-0.39, 0.29) is 0 Å². The molecule has 0 radical (unpaired) electrons. The Morgan fingerprint density at radius 2 is 1.92 bits per heavy atom. The second kappa shape index (κ2) is 4.63. The molecule has 66 valence electrons. The van der Waals surface area contributed by atoms with Crippen LogP contribution in [-0.2, 0) is 0 Å². The fraction of sp³-hybridized carbons (Fsp3) is 0.400. The minimum Gasteiger partial charge on any atom is -0.330 e. The Bertz CT molecular complexity index is 226. The molecule has 0 saturated heterocycles. The van der Waals surface area contributed by atoms with E-state index in [1.807, 2.05) is 0 Å². The van der Waals surface area contributed by atoms with Gasteiger partial charge in [0.25, 0.3) is 0 Å². The van der Waals surface area contributed by atoms with Gasteiger partial charge >= 0.3 is 0 Å². The Hall–Kier alpha value is -0.340. The van der Waals surface area contributed by atoms with E-state index in [1.54, 1.807) is 0 Å². The molecule has 1 aromatic rings. The van der Waals surface area contributed by atoms with E-state index in [4.69, 9.17) is 5.73 Å². The molecule has 0 heterocycles. The summed E-state index contributed by atoms with van der Waals surface area (Å²) in [6.45, 7) is 2.90. The Morgan fingerprint density at radius 1 is 1.33 bits per heavy atom. The van der Waals surface area contributed by atoms with Crippen LogP contribution in [0.3, 0.4) is 0 Å². The second-order valence-corrected chi connectivity index (χ2v) is 3.81. The molecule has 12 heavy (non-hydrogen) atoms. The van der Waals surface area contributed by atoms with Crippen molar-refractivity contribution in [1.82, 2.24) is 0 Å². The third-order valence-corrected chi connectivity index (χ3v) is 2.65. The zero-order chi connectivity index (χ0) is 8.97. The molecule has 1 rings (SSSR count). The molecule has 0 aliphatic rings. The zero-order valence-electron chi connectivity index (χ0n) is 7.26. The largest absolute Gasteiger partial charge is 0.330 e. The van der Waals surface area contributed by atoms with Crippen LogP contribution in [0.25, 0.3) is 0 Å². The number of hydrogen-bond donors (Lipinski definition) is 1. The Labute approximate surface area is 82.1 Å². The van der Waals surface area contributed by atoms with Gasteiger partial charge in [-0.3, -0.25) is 0 Å². The molecule has 2 N–H and O–H groups in total. The maximum absolute atomic E-state index is 5.64. The van der Waals surface area contributed by atoms with Crippen molar-refractivity contribution < 1.29 is 0 Å². The van der Waals surface area contributed by atoms with Crippen molar-refractivity contribution in [2.45, 2.75) is 19.3 Å². The van der Waals surface area contributed by atoms with Gasteiger partial charge in [-0.05, 0) is 36.6 Å². The smallest absolute Gasteiger partial charge is 0.0175 e. The first-order valence-electron chi connectivity index (χ1n) is 4.23. The van der Waals surface area contributed by atoms with Gasteiger partial charge in [0.1, 0.15) is 0 Å². The summed E-state index contributed by atoms with van der Waals surface area (Å²) in [7, 11) is 0. The maximum Gasteiger partial charge on any atom is 0.0175 e. The van der Waals surface area contributed by atoms with Crippen LogP contribution < -0.4 is 5.73 Å². The van der Waals surface area contributed by atoms with Crippen molar-refractivity contribution in [3.63, 3.8) is 0 Å². The monoisotopic (exact) mass is 227 g/mol. The molecule has 1 nitrogen and oxygen atoms in total. The standard InChI is InChI=1S/C10H14BrN/c1-2-8(7-12)9-3-5-10(11)6-4-9/h3-6,8H,2,7,12H2,1H3. The first-order valence-corrected chi connectivity index (χ1v) is 5.02.